The SMILES string of the molecule is CC1Cc2cc(C(Br)CC(C)(C)C)ccc2O1. The van der Waals surface area contributed by atoms with Gasteiger partial charge in [0.1, 0.15) is 11.9 Å². The maximum Gasteiger partial charge on any atom is 0.123 e. The molecule has 0 aliphatic carbocycles. The smallest absolute Gasteiger partial charge is 0.123 e. The van der Waals surface area contributed by atoms with Crippen LogP contribution in [0.4, 0.5) is 0 Å². The Morgan fingerprint density at radius 1 is 1.41 bits per heavy atom. The summed E-state index contributed by atoms with van der Waals surface area (Å²) in [4.78, 5) is 0.434. The number of ether oxygens (including phenoxy) is 1. The Morgan fingerprint density at radius 3 is 2.76 bits per heavy atom. The van der Waals surface area contributed by atoms with Crippen molar-refractivity contribution in [1.82, 2.24) is 0 Å². The normalized spacial score (nSPS) is 20.9. The van der Waals surface area contributed by atoms with Crippen molar-refractivity contribution < 1.29 is 4.74 Å². The van der Waals surface area contributed by atoms with Crippen LogP contribution in [0, 0.1) is 5.41 Å². The molecule has 0 aromatic heterocycles. The standard InChI is InChI=1S/C15H21BrO/c1-10-7-12-8-11(5-6-14(12)17-10)13(16)9-15(2,3)4/h5-6,8,10,13H,7,9H2,1-4H3. The molecular weight excluding hydrogens is 276 g/mol. The lowest BCUT2D eigenvalue weighted by atomic mass is 9.88. The first-order valence-electron chi connectivity index (χ1n) is 6.29. The van der Waals surface area contributed by atoms with Crippen molar-refractivity contribution in [3.63, 3.8) is 0 Å². The van der Waals surface area contributed by atoms with E-state index in [1.54, 1.807) is 0 Å². The summed E-state index contributed by atoms with van der Waals surface area (Å²) < 4.78 is 5.73. The Bertz CT molecular complexity index is 406. The molecule has 2 heteroatoms. The lowest BCUT2D eigenvalue weighted by molar-refractivity contribution is 0.254. The summed E-state index contributed by atoms with van der Waals surface area (Å²) in [7, 11) is 0. The molecule has 1 nitrogen and oxygen atoms in total. The third kappa shape index (κ3) is 3.25. The molecule has 0 radical (unpaired) electrons. The first kappa shape index (κ1) is 12.9. The van der Waals surface area contributed by atoms with Crippen molar-refractivity contribution in [2.45, 2.75) is 51.5 Å². The lowest BCUT2D eigenvalue weighted by Gasteiger charge is -2.22. The molecule has 1 aliphatic heterocycles. The Kier molecular flexibility index (Phi) is 3.53. The molecule has 0 bridgehead atoms. The highest BCUT2D eigenvalue weighted by Gasteiger charge is 2.22. The molecule has 0 fully saturated rings. The molecule has 17 heavy (non-hydrogen) atoms. The van der Waals surface area contributed by atoms with E-state index < -0.39 is 0 Å². The summed E-state index contributed by atoms with van der Waals surface area (Å²) in [6.07, 6.45) is 2.51. The molecule has 0 amide bonds. The molecule has 0 saturated heterocycles. The molecular formula is C15H21BrO. The number of alkyl halides is 1. The molecule has 1 aliphatic rings. The van der Waals surface area contributed by atoms with Crippen LogP contribution < -0.4 is 4.74 Å². The van der Waals surface area contributed by atoms with Crippen LogP contribution in [0.5, 0.6) is 5.75 Å². The van der Waals surface area contributed by atoms with Gasteiger partial charge in [-0.1, -0.05) is 48.8 Å². The molecule has 0 N–H and O–H groups in total. The van der Waals surface area contributed by atoms with Gasteiger partial charge >= 0.3 is 0 Å². The molecule has 1 aromatic rings. The summed E-state index contributed by atoms with van der Waals surface area (Å²) >= 11 is 3.80. The van der Waals surface area contributed by atoms with Gasteiger partial charge in [-0.3, -0.25) is 0 Å². The Morgan fingerprint density at radius 2 is 2.12 bits per heavy atom. The van der Waals surface area contributed by atoms with Crippen LogP contribution in [0.25, 0.3) is 0 Å². The van der Waals surface area contributed by atoms with Crippen LogP contribution in [-0.2, 0) is 6.42 Å². The molecule has 0 spiro atoms. The maximum absolute atomic E-state index is 5.73. The van der Waals surface area contributed by atoms with E-state index in [9.17, 15) is 0 Å². The lowest BCUT2D eigenvalue weighted by Crippen LogP contribution is -2.08. The molecule has 0 saturated carbocycles. The zero-order chi connectivity index (χ0) is 12.6. The van der Waals surface area contributed by atoms with Gasteiger partial charge < -0.3 is 4.74 Å². The first-order chi connectivity index (χ1) is 7.85. The Hall–Kier alpha value is -0.500. The third-order valence-electron chi connectivity index (χ3n) is 3.07. The topological polar surface area (TPSA) is 9.23 Å². The van der Waals surface area contributed by atoms with Crippen molar-refractivity contribution in [2.75, 3.05) is 0 Å². The van der Waals surface area contributed by atoms with E-state index in [2.05, 4.69) is 61.8 Å². The van der Waals surface area contributed by atoms with Gasteiger partial charge in [0.15, 0.2) is 0 Å². The molecule has 94 valence electrons. The van der Waals surface area contributed by atoms with E-state index in [1.165, 1.54) is 11.1 Å². The number of hydrogen-bond acceptors (Lipinski definition) is 1. The first-order valence-corrected chi connectivity index (χ1v) is 7.20. The molecule has 1 heterocycles. The molecule has 2 atom stereocenters. The van der Waals surface area contributed by atoms with Crippen molar-refractivity contribution >= 4 is 15.9 Å². The number of benzene rings is 1. The molecule has 2 rings (SSSR count). The van der Waals surface area contributed by atoms with E-state index in [4.69, 9.17) is 4.74 Å². The van der Waals surface area contributed by atoms with Gasteiger partial charge in [0.25, 0.3) is 0 Å². The predicted molar refractivity (Wildman–Crippen MR) is 76.0 cm³/mol. The maximum atomic E-state index is 5.73. The average molecular weight is 297 g/mol. The fourth-order valence-electron chi connectivity index (χ4n) is 2.29. The van der Waals surface area contributed by atoms with Gasteiger partial charge in [0.05, 0.1) is 0 Å². The van der Waals surface area contributed by atoms with Gasteiger partial charge in [-0.25, -0.2) is 0 Å². The summed E-state index contributed by atoms with van der Waals surface area (Å²) in [5.74, 6) is 1.07. The van der Waals surface area contributed by atoms with E-state index in [-0.39, 0.29) is 0 Å². The summed E-state index contributed by atoms with van der Waals surface area (Å²) in [5.41, 5.74) is 3.07. The highest BCUT2D eigenvalue weighted by atomic mass is 79.9. The summed E-state index contributed by atoms with van der Waals surface area (Å²) in [5, 5.41) is 0. The van der Waals surface area contributed by atoms with Gasteiger partial charge in [0.2, 0.25) is 0 Å². The zero-order valence-corrected chi connectivity index (χ0v) is 12.7. The van der Waals surface area contributed by atoms with Crippen LogP contribution in [0.2, 0.25) is 0 Å². The number of fused-ring (bicyclic) bond motifs is 1. The van der Waals surface area contributed by atoms with E-state index in [0.29, 0.717) is 16.3 Å². The van der Waals surface area contributed by atoms with Crippen LogP contribution in [0.15, 0.2) is 18.2 Å². The van der Waals surface area contributed by atoms with Crippen molar-refractivity contribution in [3.8, 4) is 5.75 Å². The van der Waals surface area contributed by atoms with Crippen LogP contribution in [0.1, 0.15) is 50.1 Å². The minimum absolute atomic E-state index is 0.330. The zero-order valence-electron chi connectivity index (χ0n) is 11.1. The second-order valence-electron chi connectivity index (χ2n) is 6.23. The van der Waals surface area contributed by atoms with Crippen molar-refractivity contribution in [1.29, 1.82) is 0 Å². The fourth-order valence-corrected chi connectivity index (χ4v) is 3.55. The fraction of sp³-hybridized carbons (Fsp3) is 0.600. The van der Waals surface area contributed by atoms with Gasteiger partial charge in [0, 0.05) is 11.2 Å². The van der Waals surface area contributed by atoms with Crippen molar-refractivity contribution in [3.05, 3.63) is 29.3 Å². The minimum atomic E-state index is 0.330. The monoisotopic (exact) mass is 296 g/mol. The molecule has 1 aromatic carbocycles. The minimum Gasteiger partial charge on any atom is -0.490 e. The van der Waals surface area contributed by atoms with Crippen LogP contribution >= 0.6 is 15.9 Å². The van der Waals surface area contributed by atoms with E-state index in [1.807, 2.05) is 0 Å². The Labute approximate surface area is 113 Å². The third-order valence-corrected chi connectivity index (χ3v) is 3.93. The summed E-state index contributed by atoms with van der Waals surface area (Å²) in [6.45, 7) is 8.96. The number of halogens is 1. The Balaban J connectivity index is 2.16. The highest BCUT2D eigenvalue weighted by molar-refractivity contribution is 9.09. The number of rotatable bonds is 2. The van der Waals surface area contributed by atoms with Gasteiger partial charge in [-0.05, 0) is 36.0 Å². The second kappa shape index (κ2) is 4.64. The predicted octanol–water partition coefficient (Wildman–Crippen LogP) is 4.88. The quantitative estimate of drug-likeness (QED) is 0.707. The summed E-state index contributed by atoms with van der Waals surface area (Å²) in [6, 6.07) is 6.59. The second-order valence-corrected chi connectivity index (χ2v) is 7.34. The van der Waals surface area contributed by atoms with Gasteiger partial charge in [-0.2, -0.15) is 0 Å². The van der Waals surface area contributed by atoms with Gasteiger partial charge in [-0.15, -0.1) is 0 Å². The average Bonchev–Trinajstić information content (AvgIpc) is 2.53. The number of hydrogen-bond donors (Lipinski definition) is 0. The van der Waals surface area contributed by atoms with Crippen LogP contribution in [0.3, 0.4) is 0 Å². The highest BCUT2D eigenvalue weighted by Crippen LogP contribution is 2.38. The molecule has 2 unspecified atom stereocenters. The van der Waals surface area contributed by atoms with Crippen molar-refractivity contribution in [2.24, 2.45) is 5.41 Å². The van der Waals surface area contributed by atoms with E-state index >= 15 is 0 Å². The van der Waals surface area contributed by atoms with E-state index in [0.717, 1.165) is 18.6 Å². The van der Waals surface area contributed by atoms with Crippen LogP contribution in [-0.4, -0.2) is 6.10 Å². The largest absolute Gasteiger partial charge is 0.490 e.